The summed E-state index contributed by atoms with van der Waals surface area (Å²) in [6.45, 7) is 9.37. The summed E-state index contributed by atoms with van der Waals surface area (Å²) < 4.78 is 7.21. The molecule has 0 aromatic carbocycles. The van der Waals surface area contributed by atoms with E-state index in [9.17, 15) is 4.79 Å². The summed E-state index contributed by atoms with van der Waals surface area (Å²) in [4.78, 5) is 12.0. The molecule has 0 saturated carbocycles. The van der Waals surface area contributed by atoms with E-state index in [4.69, 9.17) is 4.74 Å². The molecule has 1 heterocycles. The number of methoxy groups -OCH3 is 1. The molecule has 0 bridgehead atoms. The van der Waals surface area contributed by atoms with Crippen LogP contribution in [-0.4, -0.2) is 24.1 Å². The van der Waals surface area contributed by atoms with Gasteiger partial charge >= 0.3 is 0 Å². The van der Waals surface area contributed by atoms with E-state index in [1.165, 1.54) is 0 Å². The van der Waals surface area contributed by atoms with Crippen molar-refractivity contribution in [2.24, 2.45) is 5.92 Å². The highest BCUT2D eigenvalue weighted by Crippen LogP contribution is 2.18. The van der Waals surface area contributed by atoms with Gasteiger partial charge < -0.3 is 9.30 Å². The molecule has 0 saturated heterocycles. The van der Waals surface area contributed by atoms with E-state index in [-0.39, 0.29) is 11.7 Å². The van der Waals surface area contributed by atoms with Crippen molar-refractivity contribution < 1.29 is 9.53 Å². The van der Waals surface area contributed by atoms with Crippen LogP contribution in [0.2, 0.25) is 0 Å². The van der Waals surface area contributed by atoms with Crippen molar-refractivity contribution in [3.8, 4) is 0 Å². The van der Waals surface area contributed by atoms with E-state index >= 15 is 0 Å². The molecule has 3 heteroatoms. The van der Waals surface area contributed by atoms with Crippen molar-refractivity contribution >= 4 is 5.78 Å². The van der Waals surface area contributed by atoms with Gasteiger partial charge in [0.05, 0.1) is 6.61 Å². The average molecular weight is 223 g/mol. The van der Waals surface area contributed by atoms with E-state index in [1.54, 1.807) is 7.11 Å². The second-order valence-corrected chi connectivity index (χ2v) is 4.45. The van der Waals surface area contributed by atoms with E-state index in [0.29, 0.717) is 6.61 Å². The second kappa shape index (κ2) is 5.30. The lowest BCUT2D eigenvalue weighted by Crippen LogP contribution is -2.11. The summed E-state index contributed by atoms with van der Waals surface area (Å²) in [5, 5.41) is 0. The maximum absolute atomic E-state index is 12.0. The van der Waals surface area contributed by atoms with Gasteiger partial charge in [0, 0.05) is 36.5 Å². The fraction of sp³-hybridized carbons (Fsp3) is 0.615. The minimum Gasteiger partial charge on any atom is -0.383 e. The van der Waals surface area contributed by atoms with Crippen LogP contribution in [-0.2, 0) is 11.3 Å². The van der Waals surface area contributed by atoms with Gasteiger partial charge in [0.1, 0.15) is 0 Å². The number of nitrogens with zero attached hydrogens (tertiary/aromatic N) is 1. The highest BCUT2D eigenvalue weighted by Gasteiger charge is 2.17. The van der Waals surface area contributed by atoms with Gasteiger partial charge in [0.15, 0.2) is 5.78 Å². The summed E-state index contributed by atoms with van der Waals surface area (Å²) in [7, 11) is 1.69. The number of rotatable bonds is 5. The molecular formula is C13H21NO2. The first-order valence-electron chi connectivity index (χ1n) is 5.69. The molecule has 0 amide bonds. The summed E-state index contributed by atoms with van der Waals surface area (Å²) in [5.74, 6) is 0.271. The predicted molar refractivity (Wildman–Crippen MR) is 65.0 cm³/mol. The van der Waals surface area contributed by atoms with E-state index in [2.05, 4.69) is 4.57 Å². The van der Waals surface area contributed by atoms with Crippen molar-refractivity contribution in [1.29, 1.82) is 0 Å². The lowest BCUT2D eigenvalue weighted by Gasteiger charge is -2.09. The van der Waals surface area contributed by atoms with Crippen LogP contribution in [0.25, 0.3) is 0 Å². The number of hydrogen-bond acceptors (Lipinski definition) is 2. The lowest BCUT2D eigenvalue weighted by molar-refractivity contribution is 0.0938. The molecule has 0 radical (unpaired) electrons. The van der Waals surface area contributed by atoms with Crippen LogP contribution in [0.15, 0.2) is 6.07 Å². The minimum atomic E-state index is 0.0522. The average Bonchev–Trinajstić information content (AvgIpc) is 2.51. The maximum Gasteiger partial charge on any atom is 0.167 e. The summed E-state index contributed by atoms with van der Waals surface area (Å²) >= 11 is 0. The first-order valence-corrected chi connectivity index (χ1v) is 5.69. The van der Waals surface area contributed by atoms with Gasteiger partial charge in [-0.2, -0.15) is 0 Å². The molecule has 1 rings (SSSR count). The molecule has 1 aromatic rings. The summed E-state index contributed by atoms with van der Waals surface area (Å²) in [5.41, 5.74) is 3.02. The molecule has 0 N–H and O–H groups in total. The quantitative estimate of drug-likeness (QED) is 0.718. The highest BCUT2D eigenvalue weighted by atomic mass is 16.5. The molecule has 0 atom stereocenters. The van der Waals surface area contributed by atoms with Gasteiger partial charge in [-0.25, -0.2) is 0 Å². The molecule has 1 aromatic heterocycles. The van der Waals surface area contributed by atoms with Gasteiger partial charge in [-0.1, -0.05) is 13.8 Å². The third kappa shape index (κ3) is 2.53. The number of aryl methyl sites for hydroxylation is 1. The molecule has 0 spiro atoms. The van der Waals surface area contributed by atoms with Crippen LogP contribution < -0.4 is 0 Å². The molecule has 0 fully saturated rings. The second-order valence-electron chi connectivity index (χ2n) is 4.45. The van der Waals surface area contributed by atoms with Crippen molar-refractivity contribution in [1.82, 2.24) is 4.57 Å². The van der Waals surface area contributed by atoms with Crippen LogP contribution in [0, 0.1) is 19.8 Å². The number of ketones is 1. The fourth-order valence-corrected chi connectivity index (χ4v) is 1.89. The summed E-state index contributed by atoms with van der Waals surface area (Å²) in [6, 6.07) is 1.98. The SMILES string of the molecule is COCCn1c(C)cc(C(=O)C(C)C)c1C. The highest BCUT2D eigenvalue weighted by molar-refractivity contribution is 5.98. The standard InChI is InChI=1S/C13H21NO2/c1-9(2)13(15)12-8-10(3)14(11(12)4)6-7-16-5/h8-9H,6-7H2,1-5H3. The molecular weight excluding hydrogens is 202 g/mol. The van der Waals surface area contributed by atoms with Crippen molar-refractivity contribution in [3.05, 3.63) is 23.0 Å². The maximum atomic E-state index is 12.0. The van der Waals surface area contributed by atoms with Crippen molar-refractivity contribution in [2.75, 3.05) is 13.7 Å². The van der Waals surface area contributed by atoms with Gasteiger partial charge in [0.2, 0.25) is 0 Å². The van der Waals surface area contributed by atoms with Gasteiger partial charge in [-0.15, -0.1) is 0 Å². The Balaban J connectivity index is 3.01. The molecule has 0 aliphatic rings. The van der Waals surface area contributed by atoms with Crippen LogP contribution in [0.1, 0.15) is 35.6 Å². The van der Waals surface area contributed by atoms with E-state index in [1.807, 2.05) is 33.8 Å². The smallest absolute Gasteiger partial charge is 0.167 e. The summed E-state index contributed by atoms with van der Waals surface area (Å²) in [6.07, 6.45) is 0. The first kappa shape index (κ1) is 13.0. The third-order valence-corrected chi connectivity index (χ3v) is 2.88. The van der Waals surface area contributed by atoms with Gasteiger partial charge in [-0.05, 0) is 19.9 Å². The molecule has 16 heavy (non-hydrogen) atoms. The molecule has 90 valence electrons. The Kier molecular flexibility index (Phi) is 4.30. The number of aromatic nitrogens is 1. The Bertz CT molecular complexity index is 378. The van der Waals surface area contributed by atoms with Crippen LogP contribution in [0.4, 0.5) is 0 Å². The van der Waals surface area contributed by atoms with Crippen molar-refractivity contribution in [2.45, 2.75) is 34.2 Å². The zero-order valence-corrected chi connectivity index (χ0v) is 10.8. The largest absolute Gasteiger partial charge is 0.383 e. The first-order chi connectivity index (χ1) is 7.49. The van der Waals surface area contributed by atoms with Gasteiger partial charge in [0.25, 0.3) is 0 Å². The van der Waals surface area contributed by atoms with E-state index in [0.717, 1.165) is 23.5 Å². The van der Waals surface area contributed by atoms with E-state index < -0.39 is 0 Å². The normalized spacial score (nSPS) is 11.1. The Morgan fingerprint density at radius 2 is 2.06 bits per heavy atom. The third-order valence-electron chi connectivity index (χ3n) is 2.88. The minimum absolute atomic E-state index is 0.0522. The number of hydrogen-bond donors (Lipinski definition) is 0. The molecule has 3 nitrogen and oxygen atoms in total. The Labute approximate surface area is 97.4 Å². The monoisotopic (exact) mass is 223 g/mol. The Morgan fingerprint density at radius 1 is 1.44 bits per heavy atom. The zero-order valence-electron chi connectivity index (χ0n) is 10.8. The number of carbonyl (C=O) groups is 1. The van der Waals surface area contributed by atoms with Crippen LogP contribution in [0.5, 0.6) is 0 Å². The topological polar surface area (TPSA) is 31.2 Å². The predicted octanol–water partition coefficient (Wildman–Crippen LogP) is 2.59. The lowest BCUT2D eigenvalue weighted by atomic mass is 10.0. The van der Waals surface area contributed by atoms with Crippen molar-refractivity contribution in [3.63, 3.8) is 0 Å². The number of ether oxygens (including phenoxy) is 1. The molecule has 0 unspecified atom stereocenters. The Morgan fingerprint density at radius 3 is 2.56 bits per heavy atom. The van der Waals surface area contributed by atoms with Crippen LogP contribution in [0.3, 0.4) is 0 Å². The van der Waals surface area contributed by atoms with Gasteiger partial charge in [-0.3, -0.25) is 4.79 Å². The fourth-order valence-electron chi connectivity index (χ4n) is 1.89. The zero-order chi connectivity index (χ0) is 12.3. The molecule has 0 aliphatic heterocycles. The number of carbonyl (C=O) groups excluding carboxylic acids is 1. The number of Topliss-reactive ketones (excluding diaryl/α,β-unsaturated/α-hetero) is 1. The Hall–Kier alpha value is -1.09. The van der Waals surface area contributed by atoms with Crippen LogP contribution >= 0.6 is 0 Å². The molecule has 0 aliphatic carbocycles.